The molecule has 1 fully saturated rings. The molecule has 1 aromatic rings. The third kappa shape index (κ3) is 4.00. The van der Waals surface area contributed by atoms with Crippen LogP contribution in [0, 0.1) is 5.92 Å². The van der Waals surface area contributed by atoms with Gasteiger partial charge in [0.05, 0.1) is 18.6 Å². The van der Waals surface area contributed by atoms with Crippen molar-refractivity contribution >= 4 is 34.3 Å². The van der Waals surface area contributed by atoms with Crippen LogP contribution in [0.25, 0.3) is 0 Å². The molecule has 0 atom stereocenters. The van der Waals surface area contributed by atoms with Gasteiger partial charge in [-0.25, -0.2) is 9.59 Å². The topological polar surface area (TPSA) is 105 Å². The molecule has 1 saturated carbocycles. The second-order valence-corrected chi connectivity index (χ2v) is 8.00. The summed E-state index contributed by atoms with van der Waals surface area (Å²) in [6, 6.07) is -0.394. The molecule has 26 heavy (non-hydrogen) atoms. The molecule has 0 unspecified atom stereocenters. The van der Waals surface area contributed by atoms with Crippen molar-refractivity contribution in [3.63, 3.8) is 0 Å². The van der Waals surface area contributed by atoms with Crippen molar-refractivity contribution in [2.45, 2.75) is 57.4 Å². The number of hydrogen-bond donors (Lipinski definition) is 3. The third-order valence-corrected chi connectivity index (χ3v) is 6.41. The number of carboxylic acid groups (broad SMARTS) is 1. The normalized spacial score (nSPS) is 22.2. The Kier molecular flexibility index (Phi) is 5.80. The molecule has 2 amide bonds. The zero-order valence-electron chi connectivity index (χ0n) is 14.8. The second-order valence-electron chi connectivity index (χ2n) is 6.89. The van der Waals surface area contributed by atoms with Crippen LogP contribution in [-0.4, -0.2) is 36.2 Å². The van der Waals surface area contributed by atoms with E-state index in [1.807, 2.05) is 0 Å². The first-order valence-corrected chi connectivity index (χ1v) is 9.84. The fraction of sp³-hybridized carbons (Fsp3) is 0.611. The predicted molar refractivity (Wildman–Crippen MR) is 97.8 cm³/mol. The van der Waals surface area contributed by atoms with Gasteiger partial charge in [0.15, 0.2) is 0 Å². The number of aliphatic carboxylic acids is 1. The minimum Gasteiger partial charge on any atom is -0.481 e. The van der Waals surface area contributed by atoms with Crippen LogP contribution in [0.1, 0.15) is 59.3 Å². The van der Waals surface area contributed by atoms with Gasteiger partial charge in [0.1, 0.15) is 5.00 Å². The van der Waals surface area contributed by atoms with Crippen LogP contribution in [-0.2, 0) is 22.4 Å². The summed E-state index contributed by atoms with van der Waals surface area (Å²) in [6.07, 6.45) is 6.32. The van der Waals surface area contributed by atoms with Crippen molar-refractivity contribution in [3.8, 4) is 0 Å². The quantitative estimate of drug-likeness (QED) is 0.696. The summed E-state index contributed by atoms with van der Waals surface area (Å²) in [5, 5.41) is 15.3. The smallest absolute Gasteiger partial charge is 0.341 e. The molecule has 0 saturated heterocycles. The van der Waals surface area contributed by atoms with Gasteiger partial charge < -0.3 is 15.2 Å². The van der Waals surface area contributed by atoms with Crippen molar-refractivity contribution in [3.05, 3.63) is 16.0 Å². The molecule has 0 aromatic carbocycles. The maximum absolute atomic E-state index is 12.4. The Morgan fingerprint density at radius 1 is 1.12 bits per heavy atom. The molecule has 1 aromatic heterocycles. The van der Waals surface area contributed by atoms with Crippen molar-refractivity contribution in [2.75, 3.05) is 12.4 Å². The lowest BCUT2D eigenvalue weighted by molar-refractivity contribution is -0.142. The molecule has 2 aliphatic rings. The molecule has 2 aliphatic carbocycles. The predicted octanol–water partition coefficient (Wildman–Crippen LogP) is 3.18. The number of carbonyl (C=O) groups excluding carboxylic acids is 2. The summed E-state index contributed by atoms with van der Waals surface area (Å²) in [5.41, 5.74) is 1.49. The summed E-state index contributed by atoms with van der Waals surface area (Å²) in [6.45, 7) is 0. The SMILES string of the molecule is COC(=O)c1c(NC(=O)NC2CCC(C(=O)O)CC2)sc2c1CCCC2. The molecular weight excluding hydrogens is 356 g/mol. The average Bonchev–Trinajstić information content (AvgIpc) is 2.99. The fourth-order valence-corrected chi connectivity index (χ4v) is 5.05. The molecule has 8 heteroatoms. The minimum absolute atomic E-state index is 0.0400. The van der Waals surface area contributed by atoms with E-state index in [0.29, 0.717) is 36.2 Å². The largest absolute Gasteiger partial charge is 0.481 e. The van der Waals surface area contributed by atoms with Gasteiger partial charge in [0.25, 0.3) is 0 Å². The van der Waals surface area contributed by atoms with Gasteiger partial charge >= 0.3 is 18.0 Å². The van der Waals surface area contributed by atoms with Gasteiger partial charge in [-0.15, -0.1) is 11.3 Å². The second kappa shape index (κ2) is 8.07. The minimum atomic E-state index is -0.764. The van der Waals surface area contributed by atoms with Crippen molar-refractivity contribution < 1.29 is 24.2 Å². The lowest BCUT2D eigenvalue weighted by Gasteiger charge is -2.26. The summed E-state index contributed by atoms with van der Waals surface area (Å²) < 4.78 is 4.91. The Labute approximate surface area is 156 Å². The van der Waals surface area contributed by atoms with E-state index in [-0.39, 0.29) is 18.0 Å². The summed E-state index contributed by atoms with van der Waals surface area (Å²) in [4.78, 5) is 36.7. The summed E-state index contributed by atoms with van der Waals surface area (Å²) in [7, 11) is 1.35. The molecule has 3 N–H and O–H groups in total. The van der Waals surface area contributed by atoms with E-state index in [2.05, 4.69) is 10.6 Å². The Morgan fingerprint density at radius 3 is 2.46 bits per heavy atom. The first kappa shape index (κ1) is 18.7. The maximum atomic E-state index is 12.4. The van der Waals surface area contributed by atoms with E-state index >= 15 is 0 Å². The van der Waals surface area contributed by atoms with Crippen LogP contribution in [0.5, 0.6) is 0 Å². The molecule has 0 aliphatic heterocycles. The number of amides is 2. The number of fused-ring (bicyclic) bond motifs is 1. The Hall–Kier alpha value is -2.09. The van der Waals surface area contributed by atoms with Crippen molar-refractivity contribution in [2.24, 2.45) is 5.92 Å². The zero-order valence-corrected chi connectivity index (χ0v) is 15.6. The average molecular weight is 380 g/mol. The number of aryl methyl sites for hydroxylation is 1. The highest BCUT2D eigenvalue weighted by Crippen LogP contribution is 2.38. The van der Waals surface area contributed by atoms with E-state index < -0.39 is 11.9 Å². The molecular formula is C18H24N2O5S. The zero-order chi connectivity index (χ0) is 18.7. The first-order valence-electron chi connectivity index (χ1n) is 9.02. The van der Waals surface area contributed by atoms with Crippen LogP contribution >= 0.6 is 11.3 Å². The van der Waals surface area contributed by atoms with Crippen molar-refractivity contribution in [1.82, 2.24) is 5.32 Å². The number of carbonyl (C=O) groups is 3. The Morgan fingerprint density at radius 2 is 1.81 bits per heavy atom. The van der Waals surface area contributed by atoms with Gasteiger partial charge in [-0.2, -0.15) is 0 Å². The van der Waals surface area contributed by atoms with Crippen LogP contribution in [0.3, 0.4) is 0 Å². The first-order chi connectivity index (χ1) is 12.5. The number of ether oxygens (including phenoxy) is 1. The lowest BCUT2D eigenvalue weighted by atomic mass is 9.86. The Balaban J connectivity index is 1.65. The molecule has 142 valence electrons. The van der Waals surface area contributed by atoms with Crippen LogP contribution < -0.4 is 10.6 Å². The van der Waals surface area contributed by atoms with E-state index in [9.17, 15) is 14.4 Å². The molecule has 7 nitrogen and oxygen atoms in total. The molecule has 0 bridgehead atoms. The standard InChI is InChI=1S/C18H24N2O5S/c1-25-17(23)14-12-4-2-3-5-13(12)26-15(14)20-18(24)19-11-8-6-10(7-9-11)16(21)22/h10-11H,2-9H2,1H3,(H,21,22)(H2,19,20,24). The number of esters is 1. The molecule has 0 radical (unpaired) electrons. The number of rotatable bonds is 4. The van der Waals surface area contributed by atoms with E-state index in [1.165, 1.54) is 18.4 Å². The van der Waals surface area contributed by atoms with Crippen molar-refractivity contribution in [1.29, 1.82) is 0 Å². The number of methoxy groups -OCH3 is 1. The van der Waals surface area contributed by atoms with Gasteiger partial charge in [0, 0.05) is 10.9 Å². The molecule has 1 heterocycles. The number of thiophene rings is 1. The van der Waals surface area contributed by atoms with Crippen LogP contribution in [0.2, 0.25) is 0 Å². The fourth-order valence-electron chi connectivity index (χ4n) is 3.78. The molecule has 0 spiro atoms. The molecule has 3 rings (SSSR count). The summed E-state index contributed by atoms with van der Waals surface area (Å²) >= 11 is 1.45. The highest BCUT2D eigenvalue weighted by molar-refractivity contribution is 7.17. The van der Waals surface area contributed by atoms with E-state index in [0.717, 1.165) is 36.1 Å². The van der Waals surface area contributed by atoms with Gasteiger partial charge in [-0.3, -0.25) is 10.1 Å². The van der Waals surface area contributed by atoms with Gasteiger partial charge in [-0.05, 0) is 56.9 Å². The van der Waals surface area contributed by atoms with E-state index in [4.69, 9.17) is 9.84 Å². The van der Waals surface area contributed by atoms with E-state index in [1.54, 1.807) is 0 Å². The summed E-state index contributed by atoms with van der Waals surface area (Å²) in [5.74, 6) is -1.49. The third-order valence-electron chi connectivity index (χ3n) is 5.20. The number of urea groups is 1. The number of nitrogens with one attached hydrogen (secondary N) is 2. The van der Waals surface area contributed by atoms with Gasteiger partial charge in [-0.1, -0.05) is 0 Å². The maximum Gasteiger partial charge on any atom is 0.341 e. The van der Waals surface area contributed by atoms with Crippen LogP contribution in [0.15, 0.2) is 0 Å². The highest BCUT2D eigenvalue weighted by atomic mass is 32.1. The Bertz CT molecular complexity index is 707. The highest BCUT2D eigenvalue weighted by Gasteiger charge is 2.29. The number of hydrogen-bond acceptors (Lipinski definition) is 5. The van der Waals surface area contributed by atoms with Crippen LogP contribution in [0.4, 0.5) is 9.80 Å². The number of carboxylic acids is 1. The van der Waals surface area contributed by atoms with Gasteiger partial charge in [0.2, 0.25) is 0 Å². The lowest BCUT2D eigenvalue weighted by Crippen LogP contribution is -2.41. The number of anilines is 1. The monoisotopic (exact) mass is 380 g/mol.